The fourth-order valence-corrected chi connectivity index (χ4v) is 2.13. The van der Waals surface area contributed by atoms with Gasteiger partial charge in [0.15, 0.2) is 9.17 Å². The van der Waals surface area contributed by atoms with Gasteiger partial charge in [-0.2, -0.15) is 5.26 Å². The first kappa shape index (κ1) is 8.34. The molecule has 0 bridgehead atoms. The number of nitrogens with zero attached hydrogens (tertiary/aromatic N) is 5. The molecule has 0 saturated carbocycles. The van der Waals surface area contributed by atoms with Crippen LogP contribution in [-0.4, -0.2) is 26.4 Å². The Hall–Kier alpha value is -1.26. The van der Waals surface area contributed by atoms with E-state index in [9.17, 15) is 0 Å². The van der Waals surface area contributed by atoms with Gasteiger partial charge in [0.2, 0.25) is 5.65 Å². The highest BCUT2D eigenvalue weighted by molar-refractivity contribution is 8.00. The summed E-state index contributed by atoms with van der Waals surface area (Å²) in [6.45, 7) is 0. The lowest BCUT2D eigenvalue weighted by Crippen LogP contribution is -1.91. The molecule has 0 unspecified atom stereocenters. The third-order valence-electron chi connectivity index (χ3n) is 1.29. The highest BCUT2D eigenvalue weighted by atomic mass is 32.2. The lowest BCUT2D eigenvalue weighted by molar-refractivity contribution is 0.978. The minimum atomic E-state index is 0.0869. The van der Waals surface area contributed by atoms with E-state index in [1.54, 1.807) is 0 Å². The molecule has 2 aromatic heterocycles. The molecule has 0 saturated heterocycles. The molecule has 0 aliphatic carbocycles. The normalized spacial score (nSPS) is 10.2. The van der Waals surface area contributed by atoms with Crippen LogP contribution < -0.4 is 0 Å². The van der Waals surface area contributed by atoms with Gasteiger partial charge in [0.05, 0.1) is 0 Å². The van der Waals surface area contributed by atoms with Gasteiger partial charge in [-0.05, 0) is 6.26 Å². The van der Waals surface area contributed by atoms with Gasteiger partial charge < -0.3 is 0 Å². The van der Waals surface area contributed by atoms with Crippen molar-refractivity contribution in [2.45, 2.75) is 4.34 Å². The van der Waals surface area contributed by atoms with Gasteiger partial charge in [-0.3, -0.25) is 0 Å². The molecule has 2 rings (SSSR count). The number of thioether (sulfide) groups is 1. The van der Waals surface area contributed by atoms with E-state index in [1.807, 2.05) is 12.3 Å². The van der Waals surface area contributed by atoms with Crippen molar-refractivity contribution >= 4 is 33.6 Å². The van der Waals surface area contributed by atoms with E-state index in [-0.39, 0.29) is 5.82 Å². The van der Waals surface area contributed by atoms with Crippen LogP contribution in [0.2, 0.25) is 0 Å². The highest BCUT2D eigenvalue weighted by Crippen LogP contribution is 2.24. The fourth-order valence-electron chi connectivity index (χ4n) is 0.771. The van der Waals surface area contributed by atoms with Crippen LogP contribution in [0.1, 0.15) is 5.82 Å². The topological polar surface area (TPSA) is 75.3 Å². The molecule has 2 aromatic rings. The second-order valence-electron chi connectivity index (χ2n) is 2.06. The van der Waals surface area contributed by atoms with Crippen molar-refractivity contribution in [1.82, 2.24) is 20.2 Å². The van der Waals surface area contributed by atoms with Crippen molar-refractivity contribution in [3.63, 3.8) is 0 Å². The van der Waals surface area contributed by atoms with Crippen LogP contribution in [0.5, 0.6) is 0 Å². The van der Waals surface area contributed by atoms with Crippen LogP contribution in [0.3, 0.4) is 0 Å². The largest absolute Gasteiger partial charge is 0.254 e. The summed E-state index contributed by atoms with van der Waals surface area (Å²) in [5.74, 6) is 0.0869. The van der Waals surface area contributed by atoms with Gasteiger partial charge in [0.1, 0.15) is 6.07 Å². The van der Waals surface area contributed by atoms with E-state index in [2.05, 4.69) is 20.2 Å². The first-order chi connectivity index (χ1) is 6.33. The van der Waals surface area contributed by atoms with Crippen molar-refractivity contribution in [2.75, 3.05) is 6.26 Å². The third kappa shape index (κ3) is 1.46. The summed E-state index contributed by atoms with van der Waals surface area (Å²) < 4.78 is 0.881. The lowest BCUT2D eigenvalue weighted by Gasteiger charge is -1.83. The Balaban J connectivity index is 2.65. The predicted molar refractivity (Wildman–Crippen MR) is 49.5 cm³/mol. The Bertz CT molecular complexity index is 485. The molecular formula is C6H3N5S2. The summed E-state index contributed by atoms with van der Waals surface area (Å²) in [6.07, 6.45) is 1.93. The van der Waals surface area contributed by atoms with Crippen molar-refractivity contribution in [3.05, 3.63) is 5.82 Å². The van der Waals surface area contributed by atoms with E-state index < -0.39 is 0 Å². The molecule has 0 N–H and O–H groups in total. The molecule has 0 radical (unpaired) electrons. The maximum Gasteiger partial charge on any atom is 0.254 e. The summed E-state index contributed by atoms with van der Waals surface area (Å²) in [5, 5.41) is 15.9. The Morgan fingerprint density at radius 1 is 1.38 bits per heavy atom. The molecule has 64 valence electrons. The van der Waals surface area contributed by atoms with Crippen molar-refractivity contribution in [3.8, 4) is 6.07 Å². The molecule has 0 fully saturated rings. The van der Waals surface area contributed by atoms with Crippen molar-refractivity contribution < 1.29 is 0 Å². The molecular weight excluding hydrogens is 206 g/mol. The fraction of sp³-hybridized carbons (Fsp3) is 0.167. The molecule has 0 spiro atoms. The number of aromatic nitrogens is 4. The van der Waals surface area contributed by atoms with Crippen LogP contribution in [0.4, 0.5) is 0 Å². The first-order valence-electron chi connectivity index (χ1n) is 3.29. The van der Waals surface area contributed by atoms with Gasteiger partial charge in [-0.25, -0.2) is 9.97 Å². The average Bonchev–Trinajstić information content (AvgIpc) is 2.58. The summed E-state index contributed by atoms with van der Waals surface area (Å²) in [4.78, 5) is 8.78. The van der Waals surface area contributed by atoms with Gasteiger partial charge in [-0.1, -0.05) is 23.1 Å². The van der Waals surface area contributed by atoms with Crippen molar-refractivity contribution in [2.24, 2.45) is 0 Å². The Kier molecular flexibility index (Phi) is 2.08. The van der Waals surface area contributed by atoms with E-state index in [4.69, 9.17) is 5.26 Å². The molecule has 0 amide bonds. The monoisotopic (exact) mass is 209 g/mol. The van der Waals surface area contributed by atoms with Gasteiger partial charge >= 0.3 is 0 Å². The molecule has 2 heterocycles. The zero-order chi connectivity index (χ0) is 9.26. The molecule has 0 aliphatic heterocycles. The highest BCUT2D eigenvalue weighted by Gasteiger charge is 2.06. The summed E-state index contributed by atoms with van der Waals surface area (Å²) >= 11 is 2.94. The van der Waals surface area contributed by atoms with Gasteiger partial charge in [0.25, 0.3) is 5.82 Å². The number of fused-ring (bicyclic) bond motifs is 1. The molecule has 5 nitrogen and oxygen atoms in total. The minimum Gasteiger partial charge on any atom is -0.207 e. The second kappa shape index (κ2) is 3.24. The number of rotatable bonds is 1. The van der Waals surface area contributed by atoms with E-state index in [0.717, 1.165) is 4.34 Å². The van der Waals surface area contributed by atoms with E-state index in [0.29, 0.717) is 10.5 Å². The van der Waals surface area contributed by atoms with E-state index >= 15 is 0 Å². The lowest BCUT2D eigenvalue weighted by atomic mass is 10.7. The summed E-state index contributed by atoms with van der Waals surface area (Å²) in [6, 6.07) is 1.83. The zero-order valence-corrected chi connectivity index (χ0v) is 8.19. The molecule has 0 aliphatic rings. The van der Waals surface area contributed by atoms with Gasteiger partial charge in [0, 0.05) is 0 Å². The first-order valence-corrected chi connectivity index (χ1v) is 5.33. The zero-order valence-electron chi connectivity index (χ0n) is 6.55. The Labute approximate surface area is 81.8 Å². The van der Waals surface area contributed by atoms with Crippen molar-refractivity contribution in [1.29, 1.82) is 5.26 Å². The van der Waals surface area contributed by atoms with Crippen LogP contribution in [0.25, 0.3) is 10.5 Å². The Morgan fingerprint density at radius 2 is 2.23 bits per heavy atom. The van der Waals surface area contributed by atoms with Gasteiger partial charge in [-0.15, -0.1) is 10.2 Å². The quantitative estimate of drug-likeness (QED) is 0.654. The van der Waals surface area contributed by atoms with Crippen LogP contribution in [-0.2, 0) is 0 Å². The Morgan fingerprint density at radius 3 is 2.92 bits per heavy atom. The number of thiazole rings is 1. The molecule has 0 aromatic carbocycles. The number of nitriles is 1. The van der Waals surface area contributed by atoms with E-state index in [1.165, 1.54) is 23.1 Å². The number of hydrogen-bond donors (Lipinski definition) is 0. The smallest absolute Gasteiger partial charge is 0.207 e. The standard InChI is InChI=1S/C6H3N5S2/c1-12-6-9-4-5(13-6)8-3(2-7)10-11-4/h1H3. The third-order valence-corrected chi connectivity index (χ3v) is 3.22. The second-order valence-corrected chi connectivity index (χ2v) is 4.09. The minimum absolute atomic E-state index is 0.0869. The van der Waals surface area contributed by atoms with Crippen LogP contribution in [0, 0.1) is 11.3 Å². The predicted octanol–water partition coefficient (Wildman–Crippen LogP) is 1.07. The SMILES string of the molecule is CSc1nc2nnc(C#N)nc2s1. The van der Waals surface area contributed by atoms with Crippen LogP contribution in [0.15, 0.2) is 4.34 Å². The summed E-state index contributed by atoms with van der Waals surface area (Å²) in [7, 11) is 0. The maximum atomic E-state index is 8.53. The molecule has 7 heteroatoms. The molecule has 0 atom stereocenters. The number of hydrogen-bond acceptors (Lipinski definition) is 7. The molecule has 13 heavy (non-hydrogen) atoms. The average molecular weight is 209 g/mol. The van der Waals surface area contributed by atoms with Crippen LogP contribution >= 0.6 is 23.1 Å². The summed E-state index contributed by atoms with van der Waals surface area (Å²) in [5.41, 5.74) is 0.508. The maximum absolute atomic E-state index is 8.53.